The van der Waals surface area contributed by atoms with Gasteiger partial charge in [-0.1, -0.05) is 6.08 Å². The highest BCUT2D eigenvalue weighted by Crippen LogP contribution is 2.19. The molecule has 88 valence electrons. The Bertz CT molecular complexity index is 502. The summed E-state index contributed by atoms with van der Waals surface area (Å²) in [5.74, 6) is -0.617. The Kier molecular flexibility index (Phi) is 4.23. The lowest BCUT2D eigenvalue weighted by Gasteiger charge is -2.10. The van der Waals surface area contributed by atoms with E-state index in [0.717, 1.165) is 6.07 Å². The van der Waals surface area contributed by atoms with Crippen LogP contribution in [0.5, 0.6) is 0 Å². The van der Waals surface area contributed by atoms with Crippen LogP contribution in [0.2, 0.25) is 0 Å². The molecule has 1 aromatic carbocycles. The molecular weight excluding hydrogens is 297 g/mol. The molecule has 0 fully saturated rings. The SMILES string of the molecule is C=CC(C)NS(=O)(=O)c1ccc(Br)c(F)c1. The normalized spacial score (nSPS) is 13.4. The molecular formula is C10H11BrFNO2S. The van der Waals surface area contributed by atoms with E-state index in [2.05, 4.69) is 27.2 Å². The summed E-state index contributed by atoms with van der Waals surface area (Å²) in [7, 11) is -3.69. The fourth-order valence-electron chi connectivity index (χ4n) is 1.00. The van der Waals surface area contributed by atoms with Gasteiger partial charge in [-0.25, -0.2) is 17.5 Å². The number of sulfonamides is 1. The molecule has 0 amide bonds. The first-order valence-electron chi connectivity index (χ1n) is 4.47. The summed E-state index contributed by atoms with van der Waals surface area (Å²) in [6.45, 7) is 5.10. The third kappa shape index (κ3) is 3.13. The van der Waals surface area contributed by atoms with E-state index in [1.807, 2.05) is 0 Å². The second-order valence-corrected chi connectivity index (χ2v) is 5.79. The van der Waals surface area contributed by atoms with Gasteiger partial charge in [-0.05, 0) is 41.1 Å². The maximum Gasteiger partial charge on any atom is 0.241 e. The molecule has 0 saturated carbocycles. The quantitative estimate of drug-likeness (QED) is 0.869. The first-order chi connectivity index (χ1) is 7.36. The molecule has 0 heterocycles. The number of halogens is 2. The van der Waals surface area contributed by atoms with Crippen molar-refractivity contribution < 1.29 is 12.8 Å². The minimum Gasteiger partial charge on any atom is -0.207 e. The predicted octanol–water partition coefficient (Wildman–Crippen LogP) is 2.44. The van der Waals surface area contributed by atoms with Crippen LogP contribution in [0.3, 0.4) is 0 Å². The van der Waals surface area contributed by atoms with E-state index in [1.54, 1.807) is 6.92 Å². The predicted molar refractivity (Wildman–Crippen MR) is 64.1 cm³/mol. The largest absolute Gasteiger partial charge is 0.241 e. The van der Waals surface area contributed by atoms with Gasteiger partial charge in [0.2, 0.25) is 10.0 Å². The molecule has 0 aliphatic heterocycles. The van der Waals surface area contributed by atoms with Gasteiger partial charge in [0.25, 0.3) is 0 Å². The van der Waals surface area contributed by atoms with Crippen molar-refractivity contribution in [2.45, 2.75) is 17.9 Å². The molecule has 0 aromatic heterocycles. The molecule has 1 aromatic rings. The smallest absolute Gasteiger partial charge is 0.207 e. The van der Waals surface area contributed by atoms with E-state index in [4.69, 9.17) is 0 Å². The van der Waals surface area contributed by atoms with Crippen molar-refractivity contribution in [1.29, 1.82) is 0 Å². The first kappa shape index (κ1) is 13.3. The van der Waals surface area contributed by atoms with Gasteiger partial charge in [-0.3, -0.25) is 0 Å². The Morgan fingerprint density at radius 1 is 1.56 bits per heavy atom. The topological polar surface area (TPSA) is 46.2 Å². The summed E-state index contributed by atoms with van der Waals surface area (Å²) in [4.78, 5) is -0.109. The lowest BCUT2D eigenvalue weighted by Crippen LogP contribution is -2.31. The Morgan fingerprint density at radius 2 is 2.19 bits per heavy atom. The summed E-state index contributed by atoms with van der Waals surface area (Å²) in [6.07, 6.45) is 1.45. The number of hydrogen-bond acceptors (Lipinski definition) is 2. The van der Waals surface area contributed by atoms with E-state index in [-0.39, 0.29) is 9.37 Å². The third-order valence-electron chi connectivity index (χ3n) is 1.90. The molecule has 16 heavy (non-hydrogen) atoms. The molecule has 0 saturated heterocycles. The van der Waals surface area contributed by atoms with Crippen LogP contribution in [0.25, 0.3) is 0 Å². The second kappa shape index (κ2) is 5.07. The van der Waals surface area contributed by atoms with E-state index in [0.29, 0.717) is 0 Å². The highest BCUT2D eigenvalue weighted by molar-refractivity contribution is 9.10. The number of nitrogens with one attached hydrogen (secondary N) is 1. The Morgan fingerprint density at radius 3 is 2.69 bits per heavy atom. The highest BCUT2D eigenvalue weighted by atomic mass is 79.9. The summed E-state index contributed by atoms with van der Waals surface area (Å²) in [5, 5.41) is 0. The van der Waals surface area contributed by atoms with Crippen molar-refractivity contribution in [3.8, 4) is 0 Å². The van der Waals surface area contributed by atoms with Gasteiger partial charge in [0.05, 0.1) is 9.37 Å². The molecule has 0 aliphatic rings. The lowest BCUT2D eigenvalue weighted by atomic mass is 10.3. The molecule has 1 atom stereocenters. The van der Waals surface area contributed by atoms with Crippen LogP contribution >= 0.6 is 15.9 Å². The molecule has 0 bridgehead atoms. The van der Waals surface area contributed by atoms with Crippen molar-refractivity contribution in [2.24, 2.45) is 0 Å². The summed E-state index contributed by atoms with van der Waals surface area (Å²) in [6, 6.07) is 3.23. The van der Waals surface area contributed by atoms with Crippen molar-refractivity contribution in [2.75, 3.05) is 0 Å². The van der Waals surface area contributed by atoms with Gasteiger partial charge in [0, 0.05) is 6.04 Å². The molecule has 6 heteroatoms. The first-order valence-corrected chi connectivity index (χ1v) is 6.74. The Balaban J connectivity index is 3.08. The second-order valence-electron chi connectivity index (χ2n) is 3.22. The molecule has 0 spiro atoms. The summed E-state index contributed by atoms with van der Waals surface area (Å²) >= 11 is 2.95. The van der Waals surface area contributed by atoms with Crippen LogP contribution in [0, 0.1) is 5.82 Å². The number of benzene rings is 1. The third-order valence-corrected chi connectivity index (χ3v) is 4.10. The van der Waals surface area contributed by atoms with E-state index >= 15 is 0 Å². The van der Waals surface area contributed by atoms with Crippen LogP contribution in [0.1, 0.15) is 6.92 Å². The zero-order valence-electron chi connectivity index (χ0n) is 8.57. The number of rotatable bonds is 4. The van der Waals surface area contributed by atoms with Gasteiger partial charge >= 0.3 is 0 Å². The van der Waals surface area contributed by atoms with Crippen molar-refractivity contribution in [3.05, 3.63) is 41.1 Å². The zero-order chi connectivity index (χ0) is 12.3. The Hall–Kier alpha value is -0.720. The van der Waals surface area contributed by atoms with Crippen molar-refractivity contribution in [1.82, 2.24) is 4.72 Å². The van der Waals surface area contributed by atoms with E-state index in [9.17, 15) is 12.8 Å². The molecule has 3 nitrogen and oxygen atoms in total. The molecule has 0 aliphatic carbocycles. The minimum atomic E-state index is -3.69. The van der Waals surface area contributed by atoms with Gasteiger partial charge < -0.3 is 0 Å². The minimum absolute atomic E-state index is 0.109. The summed E-state index contributed by atoms with van der Waals surface area (Å²) < 4.78 is 39.2. The molecule has 1 N–H and O–H groups in total. The van der Waals surface area contributed by atoms with Crippen LogP contribution in [-0.4, -0.2) is 14.5 Å². The van der Waals surface area contributed by atoms with Gasteiger partial charge in [0.1, 0.15) is 5.82 Å². The Labute approximate surface area is 103 Å². The standard InChI is InChI=1S/C10H11BrFNO2S/c1-3-7(2)13-16(14,15)8-4-5-9(11)10(12)6-8/h3-7,13H,1H2,2H3. The van der Waals surface area contributed by atoms with Crippen molar-refractivity contribution >= 4 is 26.0 Å². The van der Waals surface area contributed by atoms with Gasteiger partial charge in [-0.15, -0.1) is 6.58 Å². The fraction of sp³-hybridized carbons (Fsp3) is 0.200. The summed E-state index contributed by atoms with van der Waals surface area (Å²) in [5.41, 5.74) is 0. The van der Waals surface area contributed by atoms with Crippen LogP contribution in [0.15, 0.2) is 40.2 Å². The molecule has 1 rings (SSSR count). The van der Waals surface area contributed by atoms with Gasteiger partial charge in [0.15, 0.2) is 0 Å². The molecule has 0 radical (unpaired) electrons. The lowest BCUT2D eigenvalue weighted by molar-refractivity contribution is 0.572. The average Bonchev–Trinajstić information content (AvgIpc) is 2.21. The maximum absolute atomic E-state index is 13.2. The van der Waals surface area contributed by atoms with E-state index < -0.39 is 21.9 Å². The van der Waals surface area contributed by atoms with Crippen LogP contribution in [-0.2, 0) is 10.0 Å². The monoisotopic (exact) mass is 307 g/mol. The van der Waals surface area contributed by atoms with Crippen molar-refractivity contribution in [3.63, 3.8) is 0 Å². The van der Waals surface area contributed by atoms with Gasteiger partial charge in [-0.2, -0.15) is 0 Å². The van der Waals surface area contributed by atoms with Crippen LogP contribution < -0.4 is 4.72 Å². The zero-order valence-corrected chi connectivity index (χ0v) is 11.0. The number of hydrogen-bond donors (Lipinski definition) is 1. The maximum atomic E-state index is 13.2. The highest BCUT2D eigenvalue weighted by Gasteiger charge is 2.17. The van der Waals surface area contributed by atoms with E-state index in [1.165, 1.54) is 18.2 Å². The molecule has 1 unspecified atom stereocenters. The fourth-order valence-corrected chi connectivity index (χ4v) is 2.48. The van der Waals surface area contributed by atoms with Crippen LogP contribution in [0.4, 0.5) is 4.39 Å². The average molecular weight is 308 g/mol.